The van der Waals surface area contributed by atoms with Crippen LogP contribution in [0.2, 0.25) is 0 Å². The maximum atomic E-state index is 13.4. The maximum Gasteiger partial charge on any atom is 0.189 e. The number of thiocarbonyl (C=S) groups is 1. The monoisotopic (exact) mass is 289 g/mol. The van der Waals surface area contributed by atoms with E-state index in [-0.39, 0.29) is 5.82 Å². The summed E-state index contributed by atoms with van der Waals surface area (Å²) in [6.45, 7) is 4.04. The number of anilines is 2. The van der Waals surface area contributed by atoms with Crippen molar-refractivity contribution in [2.45, 2.75) is 13.8 Å². The van der Waals surface area contributed by atoms with Gasteiger partial charge in [-0.2, -0.15) is 0 Å². The topological polar surface area (TPSA) is 36.1 Å². The van der Waals surface area contributed by atoms with Crippen LogP contribution in [0.1, 0.15) is 11.1 Å². The van der Waals surface area contributed by atoms with Gasteiger partial charge >= 0.3 is 0 Å². The molecule has 0 atom stereocenters. The summed E-state index contributed by atoms with van der Waals surface area (Å²) in [7, 11) is 0. The van der Waals surface area contributed by atoms with Crippen molar-refractivity contribution in [2.24, 2.45) is 0 Å². The molecule has 0 spiro atoms. The molecular formula is C15H16FN3S. The Morgan fingerprint density at radius 3 is 2.35 bits per heavy atom. The number of halogens is 1. The van der Waals surface area contributed by atoms with Gasteiger partial charge in [-0.05, 0) is 61.5 Å². The Kier molecular flexibility index (Phi) is 4.53. The number of benzene rings is 2. The van der Waals surface area contributed by atoms with Crippen LogP contribution >= 0.6 is 12.2 Å². The highest BCUT2D eigenvalue weighted by atomic mass is 32.1. The molecule has 0 unspecified atom stereocenters. The Labute approximate surface area is 123 Å². The first-order valence-corrected chi connectivity index (χ1v) is 6.61. The number of para-hydroxylation sites is 1. The molecule has 0 aliphatic heterocycles. The molecule has 0 saturated carbocycles. The van der Waals surface area contributed by atoms with Crippen LogP contribution in [0.4, 0.5) is 15.8 Å². The standard InChI is InChI=1S/C15H16FN3S/c1-10-7-11(2)9-12(8-10)18-19-15(20)17-14-6-4-3-5-13(14)16/h3-9,18H,1-2H3,(H2,17,19,20). The molecule has 3 N–H and O–H groups in total. The summed E-state index contributed by atoms with van der Waals surface area (Å²) >= 11 is 5.11. The lowest BCUT2D eigenvalue weighted by molar-refractivity contribution is 0.632. The Bertz CT molecular complexity index is 608. The number of nitrogens with one attached hydrogen (secondary N) is 3. The molecule has 0 aliphatic rings. The highest BCUT2D eigenvalue weighted by Gasteiger charge is 2.02. The van der Waals surface area contributed by atoms with E-state index in [0.717, 1.165) is 16.8 Å². The van der Waals surface area contributed by atoms with Gasteiger partial charge in [-0.25, -0.2) is 4.39 Å². The minimum atomic E-state index is -0.344. The number of hydrogen-bond donors (Lipinski definition) is 3. The Morgan fingerprint density at radius 2 is 1.70 bits per heavy atom. The van der Waals surface area contributed by atoms with E-state index in [9.17, 15) is 4.39 Å². The number of hydrazine groups is 1. The van der Waals surface area contributed by atoms with E-state index in [1.165, 1.54) is 6.07 Å². The summed E-state index contributed by atoms with van der Waals surface area (Å²) in [4.78, 5) is 0. The van der Waals surface area contributed by atoms with Gasteiger partial charge in [0.05, 0.1) is 11.4 Å². The molecule has 0 amide bonds. The third-order valence-electron chi connectivity index (χ3n) is 2.66. The van der Waals surface area contributed by atoms with Crippen LogP contribution in [0.25, 0.3) is 0 Å². The summed E-state index contributed by atoms with van der Waals surface area (Å²) in [6, 6.07) is 12.4. The van der Waals surface area contributed by atoms with Gasteiger partial charge in [-0.15, -0.1) is 0 Å². The van der Waals surface area contributed by atoms with Crippen LogP contribution in [0, 0.1) is 19.7 Å². The Hall–Kier alpha value is -2.14. The van der Waals surface area contributed by atoms with E-state index in [2.05, 4.69) is 22.2 Å². The number of aryl methyl sites for hydroxylation is 2. The second-order valence-electron chi connectivity index (χ2n) is 4.56. The normalized spacial score (nSPS) is 9.95. The predicted molar refractivity (Wildman–Crippen MR) is 85.3 cm³/mol. The van der Waals surface area contributed by atoms with Crippen molar-refractivity contribution in [3.05, 3.63) is 59.4 Å². The number of hydrogen-bond acceptors (Lipinski definition) is 2. The van der Waals surface area contributed by atoms with Crippen LogP contribution < -0.4 is 16.2 Å². The van der Waals surface area contributed by atoms with Crippen LogP contribution in [0.3, 0.4) is 0 Å². The fourth-order valence-electron chi connectivity index (χ4n) is 1.89. The summed E-state index contributed by atoms with van der Waals surface area (Å²) in [5.41, 5.74) is 9.38. The van der Waals surface area contributed by atoms with Crippen molar-refractivity contribution in [3.8, 4) is 0 Å². The average Bonchev–Trinajstić information content (AvgIpc) is 2.38. The van der Waals surface area contributed by atoms with Crippen LogP contribution in [-0.4, -0.2) is 5.11 Å². The Balaban J connectivity index is 1.94. The van der Waals surface area contributed by atoms with Gasteiger partial charge in [0.2, 0.25) is 0 Å². The van der Waals surface area contributed by atoms with Crippen molar-refractivity contribution in [2.75, 3.05) is 10.7 Å². The highest BCUT2D eigenvalue weighted by molar-refractivity contribution is 7.80. The predicted octanol–water partition coefficient (Wildman–Crippen LogP) is 3.76. The molecule has 0 bridgehead atoms. The van der Waals surface area contributed by atoms with E-state index in [4.69, 9.17) is 12.2 Å². The van der Waals surface area contributed by atoms with Gasteiger partial charge in [0.25, 0.3) is 0 Å². The van der Waals surface area contributed by atoms with E-state index in [1.807, 2.05) is 26.0 Å². The molecule has 2 rings (SSSR count). The van der Waals surface area contributed by atoms with Crippen LogP contribution in [0.15, 0.2) is 42.5 Å². The van der Waals surface area contributed by atoms with Crippen molar-refractivity contribution in [3.63, 3.8) is 0 Å². The molecule has 0 fully saturated rings. The SMILES string of the molecule is Cc1cc(C)cc(NNC(=S)Nc2ccccc2F)c1. The fraction of sp³-hybridized carbons (Fsp3) is 0.133. The first-order chi connectivity index (χ1) is 9.54. The van der Waals surface area contributed by atoms with E-state index in [0.29, 0.717) is 10.8 Å². The first kappa shape index (κ1) is 14.3. The van der Waals surface area contributed by atoms with E-state index < -0.39 is 0 Å². The molecule has 20 heavy (non-hydrogen) atoms. The molecule has 2 aromatic rings. The van der Waals surface area contributed by atoms with E-state index in [1.54, 1.807) is 18.2 Å². The highest BCUT2D eigenvalue weighted by Crippen LogP contribution is 2.14. The van der Waals surface area contributed by atoms with Gasteiger partial charge in [-0.1, -0.05) is 18.2 Å². The quantitative estimate of drug-likeness (QED) is 0.594. The fourth-order valence-corrected chi connectivity index (χ4v) is 2.05. The maximum absolute atomic E-state index is 13.4. The third kappa shape index (κ3) is 3.93. The zero-order valence-corrected chi connectivity index (χ0v) is 12.1. The number of rotatable bonds is 3. The van der Waals surface area contributed by atoms with Crippen molar-refractivity contribution < 1.29 is 4.39 Å². The molecule has 5 heteroatoms. The lowest BCUT2D eigenvalue weighted by Crippen LogP contribution is -2.33. The minimum absolute atomic E-state index is 0.300. The molecule has 0 heterocycles. The second kappa shape index (κ2) is 6.34. The summed E-state index contributed by atoms with van der Waals surface area (Å²) in [5.74, 6) is -0.344. The minimum Gasteiger partial charge on any atom is -0.329 e. The molecule has 2 aromatic carbocycles. The van der Waals surface area contributed by atoms with Gasteiger partial charge in [0.1, 0.15) is 5.82 Å². The zero-order chi connectivity index (χ0) is 14.5. The van der Waals surface area contributed by atoms with Crippen molar-refractivity contribution >= 4 is 28.7 Å². The lowest BCUT2D eigenvalue weighted by atomic mass is 10.1. The van der Waals surface area contributed by atoms with Crippen molar-refractivity contribution in [1.29, 1.82) is 0 Å². The summed E-state index contributed by atoms with van der Waals surface area (Å²) < 4.78 is 13.4. The van der Waals surface area contributed by atoms with Crippen LogP contribution in [0.5, 0.6) is 0 Å². The third-order valence-corrected chi connectivity index (χ3v) is 2.87. The first-order valence-electron chi connectivity index (χ1n) is 6.20. The Morgan fingerprint density at radius 1 is 1.05 bits per heavy atom. The molecule has 104 valence electrons. The van der Waals surface area contributed by atoms with Gasteiger partial charge in [-0.3, -0.25) is 10.9 Å². The summed E-state index contributed by atoms with van der Waals surface area (Å²) in [6.07, 6.45) is 0. The molecule has 0 aliphatic carbocycles. The summed E-state index contributed by atoms with van der Waals surface area (Å²) in [5, 5.41) is 3.09. The molecule has 0 radical (unpaired) electrons. The molecule has 0 saturated heterocycles. The van der Waals surface area contributed by atoms with E-state index >= 15 is 0 Å². The molecular weight excluding hydrogens is 273 g/mol. The average molecular weight is 289 g/mol. The second-order valence-corrected chi connectivity index (χ2v) is 4.97. The van der Waals surface area contributed by atoms with Crippen LogP contribution in [-0.2, 0) is 0 Å². The van der Waals surface area contributed by atoms with Gasteiger partial charge in [0.15, 0.2) is 5.11 Å². The lowest BCUT2D eigenvalue weighted by Gasteiger charge is -2.13. The zero-order valence-electron chi connectivity index (χ0n) is 11.3. The molecule has 3 nitrogen and oxygen atoms in total. The molecule has 0 aromatic heterocycles. The smallest absolute Gasteiger partial charge is 0.189 e. The van der Waals surface area contributed by atoms with Crippen molar-refractivity contribution in [1.82, 2.24) is 5.43 Å². The van der Waals surface area contributed by atoms with Gasteiger partial charge in [0, 0.05) is 0 Å². The van der Waals surface area contributed by atoms with Gasteiger partial charge < -0.3 is 5.32 Å². The largest absolute Gasteiger partial charge is 0.329 e.